The monoisotopic (exact) mass is 164 g/mol. The van der Waals surface area contributed by atoms with Gasteiger partial charge in [0.15, 0.2) is 10.5 Å². The van der Waals surface area contributed by atoms with Crippen LogP contribution in [0.15, 0.2) is 12.3 Å². The van der Waals surface area contributed by atoms with E-state index in [2.05, 4.69) is 9.96 Å². The smallest absolute Gasteiger partial charge is 0.420 e. The van der Waals surface area contributed by atoms with E-state index in [1.807, 2.05) is 0 Å². The molecule has 60 valence electrons. The van der Waals surface area contributed by atoms with Crippen LogP contribution in [0.5, 0.6) is 0 Å². The van der Waals surface area contributed by atoms with Gasteiger partial charge in [-0.15, -0.1) is 0 Å². The predicted octanol–water partition coefficient (Wildman–Crippen LogP) is 1.57. The number of aromatic nitrogens is 1. The van der Waals surface area contributed by atoms with E-state index in [0.717, 1.165) is 0 Å². The van der Waals surface area contributed by atoms with E-state index in [-0.39, 0.29) is 11.3 Å². The molecule has 0 aliphatic heterocycles. The summed E-state index contributed by atoms with van der Waals surface area (Å²) in [5.41, 5.74) is 0.340. The second-order valence-electron chi connectivity index (χ2n) is 2.20. The number of carboxylic acid groups (broad SMARTS) is 1. The van der Waals surface area contributed by atoms with Gasteiger partial charge in [0.2, 0.25) is 5.39 Å². The van der Waals surface area contributed by atoms with Gasteiger partial charge in [0.1, 0.15) is 5.69 Å². The number of pyridine rings is 1. The Balaban J connectivity index is 3.40. The molecule has 1 heterocycles. The molecule has 1 aromatic rings. The number of hydrogen-bond donors (Lipinski definition) is 1. The largest absolute Gasteiger partial charge is 0.477 e. The van der Waals surface area contributed by atoms with Gasteiger partial charge in [-0.2, -0.15) is 0 Å². The van der Waals surface area contributed by atoms with Crippen molar-refractivity contribution in [3.63, 3.8) is 0 Å². The van der Waals surface area contributed by atoms with E-state index >= 15 is 0 Å². The minimum atomic E-state index is -1.13. The maximum Gasteiger partial charge on any atom is 0.420 e. The van der Waals surface area contributed by atoms with E-state index in [0.29, 0.717) is 5.69 Å². The van der Waals surface area contributed by atoms with Crippen LogP contribution in [0.3, 0.4) is 0 Å². The SMILES string of the molecule is Cc1nccc(C(=O)O)c1[N+]#N. The van der Waals surface area contributed by atoms with Crippen LogP contribution in [0.4, 0.5) is 5.69 Å². The fourth-order valence-electron chi connectivity index (χ4n) is 0.857. The summed E-state index contributed by atoms with van der Waals surface area (Å²) < 4.78 is 0. The first kappa shape index (κ1) is 8.14. The number of hydrogen-bond acceptors (Lipinski definition) is 3. The van der Waals surface area contributed by atoms with E-state index in [4.69, 9.17) is 10.5 Å². The first-order valence-electron chi connectivity index (χ1n) is 3.21. The van der Waals surface area contributed by atoms with E-state index < -0.39 is 5.97 Å². The van der Waals surface area contributed by atoms with Crippen LogP contribution in [0.1, 0.15) is 16.1 Å². The second-order valence-corrected chi connectivity index (χ2v) is 2.20. The molecule has 0 saturated heterocycles. The van der Waals surface area contributed by atoms with Gasteiger partial charge in [-0.05, 0) is 13.0 Å². The zero-order valence-electron chi connectivity index (χ0n) is 6.35. The fraction of sp³-hybridized carbons (Fsp3) is 0.143. The number of carboxylic acids is 1. The van der Waals surface area contributed by atoms with Gasteiger partial charge >= 0.3 is 11.7 Å². The molecule has 0 spiro atoms. The standard InChI is InChI=1S/C7H5N3O2/c1-4-6(10-8)5(7(11)12)2-3-9-4/h2-3H,1H3/p+1. The van der Waals surface area contributed by atoms with Crippen molar-refractivity contribution in [2.24, 2.45) is 0 Å². The molecule has 5 nitrogen and oxygen atoms in total. The highest BCUT2D eigenvalue weighted by molar-refractivity contribution is 5.94. The van der Waals surface area contributed by atoms with Gasteiger partial charge in [-0.1, -0.05) is 0 Å². The molecule has 12 heavy (non-hydrogen) atoms. The summed E-state index contributed by atoms with van der Waals surface area (Å²) in [7, 11) is 0. The van der Waals surface area contributed by atoms with Crippen LogP contribution in [0.2, 0.25) is 0 Å². The first-order chi connectivity index (χ1) is 5.66. The van der Waals surface area contributed by atoms with Crippen molar-refractivity contribution in [1.29, 1.82) is 5.39 Å². The number of carbonyl (C=O) groups is 1. The van der Waals surface area contributed by atoms with Gasteiger partial charge in [0.05, 0.1) is 0 Å². The van der Waals surface area contributed by atoms with Crippen LogP contribution in [0.25, 0.3) is 4.98 Å². The van der Waals surface area contributed by atoms with Crippen molar-refractivity contribution in [1.82, 2.24) is 4.98 Å². The Morgan fingerprint density at radius 3 is 2.83 bits per heavy atom. The third-order valence-corrected chi connectivity index (χ3v) is 1.44. The molecule has 0 aliphatic rings. The van der Waals surface area contributed by atoms with Crippen LogP contribution >= 0.6 is 0 Å². The van der Waals surface area contributed by atoms with Crippen molar-refractivity contribution in [3.8, 4) is 0 Å². The second kappa shape index (κ2) is 2.96. The highest BCUT2D eigenvalue weighted by Crippen LogP contribution is 2.21. The van der Waals surface area contributed by atoms with Crippen molar-refractivity contribution >= 4 is 11.7 Å². The van der Waals surface area contributed by atoms with Gasteiger partial charge in [0, 0.05) is 6.20 Å². The molecule has 5 heteroatoms. The third-order valence-electron chi connectivity index (χ3n) is 1.44. The molecular formula is C7H6N3O2+. The topological polar surface area (TPSA) is 78.3 Å². The molecule has 0 aliphatic carbocycles. The number of aryl methyl sites for hydroxylation is 1. The van der Waals surface area contributed by atoms with E-state index in [9.17, 15) is 4.79 Å². The van der Waals surface area contributed by atoms with Crippen molar-refractivity contribution in [3.05, 3.63) is 28.5 Å². The Kier molecular flexibility index (Phi) is 2.01. The lowest BCUT2D eigenvalue weighted by Gasteiger charge is -1.90. The minimum absolute atomic E-state index is 0.00463. The number of diazo groups is 1. The molecule has 0 unspecified atom stereocenters. The summed E-state index contributed by atoms with van der Waals surface area (Å²) in [6.45, 7) is 1.57. The van der Waals surface area contributed by atoms with Gasteiger partial charge in [-0.3, -0.25) is 4.98 Å². The molecule has 0 aromatic carbocycles. The summed E-state index contributed by atoms with van der Waals surface area (Å²) in [6, 6.07) is 1.28. The molecule has 1 rings (SSSR count). The van der Waals surface area contributed by atoms with Crippen molar-refractivity contribution < 1.29 is 9.90 Å². The highest BCUT2D eigenvalue weighted by atomic mass is 16.4. The van der Waals surface area contributed by atoms with Crippen molar-refractivity contribution in [2.75, 3.05) is 0 Å². The Morgan fingerprint density at radius 1 is 1.75 bits per heavy atom. The summed E-state index contributed by atoms with van der Waals surface area (Å²) in [5, 5.41) is 17.1. The summed E-state index contributed by atoms with van der Waals surface area (Å²) >= 11 is 0. The highest BCUT2D eigenvalue weighted by Gasteiger charge is 2.22. The average molecular weight is 164 g/mol. The minimum Gasteiger partial charge on any atom is -0.477 e. The quantitative estimate of drug-likeness (QED) is 0.639. The van der Waals surface area contributed by atoms with E-state index in [1.54, 1.807) is 6.92 Å². The Morgan fingerprint density at radius 2 is 2.42 bits per heavy atom. The maximum atomic E-state index is 10.5. The Hall–Kier alpha value is -1.96. The van der Waals surface area contributed by atoms with Crippen molar-refractivity contribution in [2.45, 2.75) is 6.92 Å². The van der Waals surface area contributed by atoms with Crippen LogP contribution in [0, 0.1) is 12.3 Å². The normalized spacial score (nSPS) is 9.00. The molecule has 1 aromatic heterocycles. The zero-order valence-corrected chi connectivity index (χ0v) is 6.35. The maximum absolute atomic E-state index is 10.5. The number of aromatic carboxylic acids is 1. The van der Waals surface area contributed by atoms with E-state index in [1.165, 1.54) is 12.3 Å². The summed E-state index contributed by atoms with van der Waals surface area (Å²) in [4.78, 5) is 17.2. The number of rotatable bonds is 1. The summed E-state index contributed by atoms with van der Waals surface area (Å²) in [6.07, 6.45) is 1.35. The van der Waals surface area contributed by atoms with Gasteiger partial charge in [0.25, 0.3) is 0 Å². The first-order valence-corrected chi connectivity index (χ1v) is 3.21. The molecule has 0 fully saturated rings. The fourth-order valence-corrected chi connectivity index (χ4v) is 0.857. The van der Waals surface area contributed by atoms with Crippen LogP contribution in [-0.2, 0) is 0 Å². The molecule has 0 bridgehead atoms. The predicted molar refractivity (Wildman–Crippen MR) is 40.7 cm³/mol. The molecule has 0 saturated carbocycles. The zero-order chi connectivity index (χ0) is 9.14. The lowest BCUT2D eigenvalue weighted by atomic mass is 10.2. The molecule has 0 radical (unpaired) electrons. The molecular weight excluding hydrogens is 158 g/mol. The van der Waals surface area contributed by atoms with Gasteiger partial charge < -0.3 is 5.11 Å². The van der Waals surface area contributed by atoms with Gasteiger partial charge in [-0.25, -0.2) is 4.79 Å². The molecule has 0 atom stereocenters. The van der Waals surface area contributed by atoms with Crippen LogP contribution < -0.4 is 0 Å². The molecule has 1 N–H and O–H groups in total. The lowest BCUT2D eigenvalue weighted by Crippen LogP contribution is -1.98. The average Bonchev–Trinajstić information content (AvgIpc) is 2.03. The third kappa shape index (κ3) is 1.22. The Labute approximate surface area is 68.3 Å². The Bertz CT molecular complexity index is 367. The molecule has 0 amide bonds. The summed E-state index contributed by atoms with van der Waals surface area (Å²) in [5.74, 6) is -1.13. The lowest BCUT2D eigenvalue weighted by molar-refractivity contribution is 0.0698. The van der Waals surface area contributed by atoms with Crippen LogP contribution in [-0.4, -0.2) is 16.1 Å². The number of nitrogens with zero attached hydrogens (tertiary/aromatic N) is 3.